The SMILES string of the molecule is O=C1N/C(=C\c2ccc(Oc3ccc([N+](=O)[O-])cn3)cc2)C(=O)N1Cc1ccccc1F. The van der Waals surface area contributed by atoms with Crippen molar-refractivity contribution in [2.45, 2.75) is 6.54 Å². The Balaban J connectivity index is 1.44. The lowest BCUT2D eigenvalue weighted by molar-refractivity contribution is -0.385. The molecular formula is C22H15FN4O5. The van der Waals surface area contributed by atoms with E-state index in [9.17, 15) is 24.1 Å². The lowest BCUT2D eigenvalue weighted by atomic mass is 10.1. The summed E-state index contributed by atoms with van der Waals surface area (Å²) in [5, 5.41) is 13.2. The van der Waals surface area contributed by atoms with Gasteiger partial charge in [0.15, 0.2) is 0 Å². The zero-order valence-corrected chi connectivity index (χ0v) is 16.4. The van der Waals surface area contributed by atoms with Crippen LogP contribution >= 0.6 is 0 Å². The lowest BCUT2D eigenvalue weighted by Crippen LogP contribution is -2.30. The maximum absolute atomic E-state index is 13.9. The number of urea groups is 1. The summed E-state index contributed by atoms with van der Waals surface area (Å²) < 4.78 is 19.4. The molecule has 0 radical (unpaired) electrons. The summed E-state index contributed by atoms with van der Waals surface area (Å²) in [4.78, 5) is 39.7. The number of carbonyl (C=O) groups is 2. The summed E-state index contributed by atoms with van der Waals surface area (Å²) in [7, 11) is 0. The van der Waals surface area contributed by atoms with Crippen LogP contribution in [0.4, 0.5) is 14.9 Å². The number of rotatable bonds is 6. The van der Waals surface area contributed by atoms with Gasteiger partial charge in [0.05, 0.1) is 11.5 Å². The van der Waals surface area contributed by atoms with E-state index in [2.05, 4.69) is 10.3 Å². The van der Waals surface area contributed by atoms with Gasteiger partial charge in [0.1, 0.15) is 23.5 Å². The van der Waals surface area contributed by atoms with Gasteiger partial charge in [0.2, 0.25) is 5.88 Å². The number of nitrogens with one attached hydrogen (secondary N) is 1. The van der Waals surface area contributed by atoms with Gasteiger partial charge in [-0.2, -0.15) is 0 Å². The molecule has 32 heavy (non-hydrogen) atoms. The molecule has 0 bridgehead atoms. The van der Waals surface area contributed by atoms with E-state index in [1.54, 1.807) is 30.3 Å². The minimum Gasteiger partial charge on any atom is -0.439 e. The molecular weight excluding hydrogens is 419 g/mol. The summed E-state index contributed by atoms with van der Waals surface area (Å²) in [6.45, 7) is -0.177. The molecule has 0 aliphatic carbocycles. The number of nitrogens with zero attached hydrogens (tertiary/aromatic N) is 3. The van der Waals surface area contributed by atoms with Crippen molar-refractivity contribution in [1.82, 2.24) is 15.2 Å². The number of hydrogen-bond donors (Lipinski definition) is 1. The Hall–Kier alpha value is -4.60. The van der Waals surface area contributed by atoms with Crippen molar-refractivity contribution in [2.75, 3.05) is 0 Å². The Kier molecular flexibility index (Phi) is 5.58. The first kappa shape index (κ1) is 20.7. The van der Waals surface area contributed by atoms with Crippen LogP contribution in [0.1, 0.15) is 11.1 Å². The van der Waals surface area contributed by atoms with Crippen LogP contribution in [0, 0.1) is 15.9 Å². The van der Waals surface area contributed by atoms with Crippen molar-refractivity contribution in [3.8, 4) is 11.6 Å². The minimum absolute atomic E-state index is 0.0667. The quantitative estimate of drug-likeness (QED) is 0.271. The number of imide groups is 1. The molecule has 1 fully saturated rings. The van der Waals surface area contributed by atoms with Crippen LogP contribution in [-0.2, 0) is 11.3 Å². The highest BCUT2D eigenvalue weighted by Gasteiger charge is 2.33. The third-order valence-corrected chi connectivity index (χ3v) is 4.59. The molecule has 10 heteroatoms. The molecule has 9 nitrogen and oxygen atoms in total. The maximum Gasteiger partial charge on any atom is 0.329 e. The third kappa shape index (κ3) is 4.43. The molecule has 3 aromatic rings. The Morgan fingerprint density at radius 3 is 2.50 bits per heavy atom. The monoisotopic (exact) mass is 434 g/mol. The van der Waals surface area contributed by atoms with Crippen molar-refractivity contribution >= 4 is 23.7 Å². The first-order valence-electron chi connectivity index (χ1n) is 9.37. The third-order valence-electron chi connectivity index (χ3n) is 4.59. The van der Waals surface area contributed by atoms with Gasteiger partial charge in [-0.05, 0) is 29.8 Å². The van der Waals surface area contributed by atoms with Crippen LogP contribution in [0.5, 0.6) is 11.6 Å². The summed E-state index contributed by atoms with van der Waals surface area (Å²) in [6.07, 6.45) is 2.59. The number of aromatic nitrogens is 1. The summed E-state index contributed by atoms with van der Waals surface area (Å²) in [5.74, 6) is -0.447. The van der Waals surface area contributed by atoms with E-state index in [0.29, 0.717) is 11.3 Å². The second-order valence-corrected chi connectivity index (χ2v) is 6.75. The minimum atomic E-state index is -0.631. The number of hydrogen-bond acceptors (Lipinski definition) is 6. The van der Waals surface area contributed by atoms with Crippen molar-refractivity contribution < 1.29 is 23.6 Å². The van der Waals surface area contributed by atoms with E-state index in [4.69, 9.17) is 4.74 Å². The summed E-state index contributed by atoms with van der Waals surface area (Å²) >= 11 is 0. The molecule has 2 aromatic carbocycles. The lowest BCUT2D eigenvalue weighted by Gasteiger charge is -2.12. The normalized spacial score (nSPS) is 14.5. The predicted molar refractivity (Wildman–Crippen MR) is 111 cm³/mol. The summed E-state index contributed by atoms with van der Waals surface area (Å²) in [5.41, 5.74) is 0.771. The second kappa shape index (κ2) is 8.64. The van der Waals surface area contributed by atoms with Gasteiger partial charge in [0, 0.05) is 17.7 Å². The number of amides is 3. The van der Waals surface area contributed by atoms with E-state index >= 15 is 0 Å². The van der Waals surface area contributed by atoms with Crippen LogP contribution < -0.4 is 10.1 Å². The van der Waals surface area contributed by atoms with Gasteiger partial charge >= 0.3 is 6.03 Å². The topological polar surface area (TPSA) is 115 Å². The second-order valence-electron chi connectivity index (χ2n) is 6.75. The molecule has 0 spiro atoms. The van der Waals surface area contributed by atoms with Crippen LogP contribution in [0.2, 0.25) is 0 Å². The smallest absolute Gasteiger partial charge is 0.329 e. The zero-order chi connectivity index (χ0) is 22.7. The molecule has 2 heterocycles. The van der Waals surface area contributed by atoms with Gasteiger partial charge in [-0.1, -0.05) is 30.3 Å². The largest absolute Gasteiger partial charge is 0.439 e. The zero-order valence-electron chi connectivity index (χ0n) is 16.4. The molecule has 1 aromatic heterocycles. The van der Waals surface area contributed by atoms with Crippen molar-refractivity contribution in [1.29, 1.82) is 0 Å². The van der Waals surface area contributed by atoms with Crippen LogP contribution in [0.15, 0.2) is 72.6 Å². The Labute approximate surface area is 180 Å². The Bertz CT molecular complexity index is 1230. The van der Waals surface area contributed by atoms with E-state index in [-0.39, 0.29) is 29.4 Å². The average Bonchev–Trinajstić information content (AvgIpc) is 3.04. The van der Waals surface area contributed by atoms with Crippen molar-refractivity contribution in [3.05, 3.63) is 99.6 Å². The molecule has 1 aliphatic heterocycles. The maximum atomic E-state index is 13.9. The van der Waals surface area contributed by atoms with Gasteiger partial charge in [0.25, 0.3) is 11.6 Å². The Morgan fingerprint density at radius 1 is 1.09 bits per heavy atom. The molecule has 160 valence electrons. The predicted octanol–water partition coefficient (Wildman–Crippen LogP) is 4.01. The van der Waals surface area contributed by atoms with E-state index in [1.165, 1.54) is 36.4 Å². The number of carbonyl (C=O) groups excluding carboxylic acids is 2. The highest BCUT2D eigenvalue weighted by molar-refractivity contribution is 6.13. The molecule has 1 N–H and O–H groups in total. The molecule has 4 rings (SSSR count). The average molecular weight is 434 g/mol. The Morgan fingerprint density at radius 2 is 1.84 bits per heavy atom. The summed E-state index contributed by atoms with van der Waals surface area (Å²) in [6, 6.07) is 14.5. The molecule has 1 saturated heterocycles. The van der Waals surface area contributed by atoms with E-state index in [1.807, 2.05) is 0 Å². The van der Waals surface area contributed by atoms with Gasteiger partial charge in [-0.25, -0.2) is 14.2 Å². The van der Waals surface area contributed by atoms with Crippen LogP contribution in [0.25, 0.3) is 6.08 Å². The van der Waals surface area contributed by atoms with Crippen molar-refractivity contribution in [3.63, 3.8) is 0 Å². The van der Waals surface area contributed by atoms with Crippen molar-refractivity contribution in [2.24, 2.45) is 0 Å². The van der Waals surface area contributed by atoms with E-state index < -0.39 is 22.7 Å². The highest BCUT2D eigenvalue weighted by atomic mass is 19.1. The van der Waals surface area contributed by atoms with Crippen LogP contribution in [0.3, 0.4) is 0 Å². The van der Waals surface area contributed by atoms with Gasteiger partial charge in [-0.15, -0.1) is 0 Å². The van der Waals surface area contributed by atoms with Crippen LogP contribution in [-0.4, -0.2) is 26.7 Å². The molecule has 1 aliphatic rings. The standard InChI is InChI=1S/C22H15FN4O5/c23-18-4-2-1-3-15(18)13-26-21(28)19(25-22(26)29)11-14-5-8-17(9-6-14)32-20-10-7-16(12-24-20)27(30)31/h1-12H,13H2,(H,25,29)/b19-11-. The fourth-order valence-corrected chi connectivity index (χ4v) is 2.97. The van der Waals surface area contributed by atoms with Gasteiger partial charge < -0.3 is 10.1 Å². The number of nitro groups is 1. The molecule has 0 unspecified atom stereocenters. The number of benzene rings is 2. The molecule has 0 saturated carbocycles. The first-order chi connectivity index (χ1) is 15.4. The number of halogens is 1. The molecule has 0 atom stereocenters. The fourth-order valence-electron chi connectivity index (χ4n) is 2.97. The highest BCUT2D eigenvalue weighted by Crippen LogP contribution is 2.23. The van der Waals surface area contributed by atoms with E-state index in [0.717, 1.165) is 11.1 Å². The number of ether oxygens (including phenoxy) is 1. The van der Waals surface area contributed by atoms with Gasteiger partial charge in [-0.3, -0.25) is 19.8 Å². The number of pyridine rings is 1. The first-order valence-corrected chi connectivity index (χ1v) is 9.37. The fraction of sp³-hybridized carbons (Fsp3) is 0.0455. The molecule has 3 amide bonds.